The van der Waals surface area contributed by atoms with Crippen LogP contribution < -0.4 is 10.6 Å². The van der Waals surface area contributed by atoms with Gasteiger partial charge in [-0.25, -0.2) is 0 Å². The Hall–Kier alpha value is -3.38. The summed E-state index contributed by atoms with van der Waals surface area (Å²) in [5.74, 6) is 0.146. The zero-order chi connectivity index (χ0) is 29.7. The molecule has 1 aromatic heterocycles. The Morgan fingerprint density at radius 3 is 2.34 bits per heavy atom. The molecular formula is C33H47N7O. The highest BCUT2D eigenvalue weighted by Gasteiger charge is 2.33. The Bertz CT molecular complexity index is 1370. The van der Waals surface area contributed by atoms with Crippen molar-refractivity contribution < 1.29 is 4.79 Å². The lowest BCUT2D eigenvalue weighted by Gasteiger charge is -2.37. The molecule has 2 aromatic carbocycles. The fourth-order valence-corrected chi connectivity index (χ4v) is 6.04. The number of piperazine rings is 1. The SMILES string of the molecule is CCN(CC)C(=O)C(C)(C)c1ccc2[nH]c(-c3cc(C)cc(C)c3)c(CCNC(NC#N)N3CCN(C)CC3)c2c1. The first kappa shape index (κ1) is 30.6. The van der Waals surface area contributed by atoms with E-state index in [1.54, 1.807) is 0 Å². The van der Waals surface area contributed by atoms with E-state index in [-0.39, 0.29) is 12.2 Å². The Labute approximate surface area is 245 Å². The summed E-state index contributed by atoms with van der Waals surface area (Å²) in [5, 5.41) is 17.1. The van der Waals surface area contributed by atoms with Gasteiger partial charge in [0.05, 0.1) is 5.41 Å². The summed E-state index contributed by atoms with van der Waals surface area (Å²) in [4.78, 5) is 23.7. The molecule has 1 aliphatic heterocycles. The minimum atomic E-state index is -0.643. The molecule has 1 atom stereocenters. The van der Waals surface area contributed by atoms with Crippen molar-refractivity contribution in [2.45, 2.75) is 59.7 Å². The number of fused-ring (bicyclic) bond motifs is 1. The number of carbonyl (C=O) groups excluding carboxylic acids is 1. The van der Waals surface area contributed by atoms with Gasteiger partial charge in [-0.05, 0) is 96.0 Å². The highest BCUT2D eigenvalue weighted by molar-refractivity contribution is 5.94. The highest BCUT2D eigenvalue weighted by Crippen LogP contribution is 2.35. The summed E-state index contributed by atoms with van der Waals surface area (Å²) in [6, 6.07) is 13.1. The minimum Gasteiger partial charge on any atom is -0.354 e. The largest absolute Gasteiger partial charge is 0.354 e. The van der Waals surface area contributed by atoms with E-state index in [9.17, 15) is 10.1 Å². The second kappa shape index (κ2) is 13.1. The van der Waals surface area contributed by atoms with Gasteiger partial charge in [-0.15, -0.1) is 0 Å². The number of carbonyl (C=O) groups is 1. The van der Waals surface area contributed by atoms with E-state index in [1.807, 2.05) is 32.6 Å². The number of likely N-dealkylation sites (N-methyl/N-ethyl adjacent to an activating group) is 2. The molecule has 0 aliphatic carbocycles. The van der Waals surface area contributed by atoms with Crippen LogP contribution in [0, 0.1) is 25.3 Å². The van der Waals surface area contributed by atoms with Crippen LogP contribution in [0.2, 0.25) is 0 Å². The van der Waals surface area contributed by atoms with Crippen molar-refractivity contribution in [2.75, 3.05) is 52.9 Å². The maximum absolute atomic E-state index is 13.5. The number of nitriles is 1. The number of aryl methyl sites for hydroxylation is 2. The third-order valence-electron chi connectivity index (χ3n) is 8.54. The molecule has 3 aromatic rings. The fraction of sp³-hybridized carbons (Fsp3) is 0.515. The summed E-state index contributed by atoms with van der Waals surface area (Å²) < 4.78 is 0. The molecule has 220 valence electrons. The van der Waals surface area contributed by atoms with Gasteiger partial charge in [0.25, 0.3) is 0 Å². The number of benzene rings is 2. The molecule has 1 amide bonds. The second-order valence-electron chi connectivity index (χ2n) is 11.9. The molecule has 1 unspecified atom stereocenters. The first-order chi connectivity index (χ1) is 19.6. The van der Waals surface area contributed by atoms with Gasteiger partial charge in [-0.2, -0.15) is 5.26 Å². The second-order valence-corrected chi connectivity index (χ2v) is 11.9. The average molecular weight is 558 g/mol. The van der Waals surface area contributed by atoms with Crippen molar-refractivity contribution >= 4 is 16.8 Å². The molecule has 1 fully saturated rings. The topological polar surface area (TPSA) is 90.4 Å². The van der Waals surface area contributed by atoms with E-state index in [1.165, 1.54) is 22.3 Å². The number of aromatic nitrogens is 1. The van der Waals surface area contributed by atoms with Crippen LogP contribution >= 0.6 is 0 Å². The van der Waals surface area contributed by atoms with E-state index in [2.05, 4.69) is 88.9 Å². The van der Waals surface area contributed by atoms with Gasteiger partial charge in [-0.3, -0.25) is 20.3 Å². The van der Waals surface area contributed by atoms with Crippen LogP contribution in [0.4, 0.5) is 0 Å². The number of hydrogen-bond acceptors (Lipinski definition) is 6. The lowest BCUT2D eigenvalue weighted by atomic mass is 9.82. The zero-order valence-corrected chi connectivity index (χ0v) is 25.9. The number of nitrogens with one attached hydrogen (secondary N) is 3. The van der Waals surface area contributed by atoms with Crippen molar-refractivity contribution in [1.29, 1.82) is 5.26 Å². The number of amides is 1. The maximum Gasteiger partial charge on any atom is 0.232 e. The molecular weight excluding hydrogens is 510 g/mol. The third kappa shape index (κ3) is 6.75. The first-order valence-corrected chi connectivity index (χ1v) is 14.9. The Balaban J connectivity index is 1.70. The molecule has 0 bridgehead atoms. The molecule has 8 nitrogen and oxygen atoms in total. The summed E-state index contributed by atoms with van der Waals surface area (Å²) in [6.07, 6.45) is 2.71. The van der Waals surface area contributed by atoms with Gasteiger partial charge in [0.2, 0.25) is 5.91 Å². The number of aromatic amines is 1. The monoisotopic (exact) mass is 557 g/mol. The van der Waals surface area contributed by atoms with E-state index >= 15 is 0 Å². The number of rotatable bonds is 11. The molecule has 0 saturated carbocycles. The van der Waals surface area contributed by atoms with Crippen LogP contribution in [0.25, 0.3) is 22.2 Å². The third-order valence-corrected chi connectivity index (χ3v) is 8.54. The summed E-state index contributed by atoms with van der Waals surface area (Å²) in [6.45, 7) is 18.3. The van der Waals surface area contributed by atoms with Crippen molar-refractivity contribution in [2.24, 2.45) is 0 Å². The number of H-pyrrole nitrogens is 1. The van der Waals surface area contributed by atoms with Crippen molar-refractivity contribution in [3.05, 3.63) is 58.7 Å². The normalized spacial score (nSPS) is 15.6. The minimum absolute atomic E-state index is 0.146. The number of hydrogen-bond donors (Lipinski definition) is 3. The van der Waals surface area contributed by atoms with Gasteiger partial charge in [0.1, 0.15) is 6.29 Å². The molecule has 3 N–H and O–H groups in total. The van der Waals surface area contributed by atoms with Gasteiger partial charge in [0, 0.05) is 62.4 Å². The molecule has 0 radical (unpaired) electrons. The summed E-state index contributed by atoms with van der Waals surface area (Å²) in [5.41, 5.74) is 7.39. The lowest BCUT2D eigenvalue weighted by Crippen LogP contribution is -2.59. The molecule has 1 aliphatic rings. The molecule has 41 heavy (non-hydrogen) atoms. The first-order valence-electron chi connectivity index (χ1n) is 14.9. The standard InChI is InChI=1S/C33H47N7O/c1-8-39(9-2)31(41)33(5,6)26-10-11-29-28(21-26)27(30(37-29)25-19-23(3)18-24(4)20-25)12-13-35-32(36-22-34)40-16-14-38(7)15-17-40/h10-11,18-21,32,35-37H,8-9,12-17H2,1-7H3. The molecule has 1 saturated heterocycles. The van der Waals surface area contributed by atoms with E-state index in [0.717, 1.165) is 54.8 Å². The average Bonchev–Trinajstić information content (AvgIpc) is 3.31. The van der Waals surface area contributed by atoms with Gasteiger partial charge < -0.3 is 14.8 Å². The quantitative estimate of drug-likeness (QED) is 0.185. The zero-order valence-electron chi connectivity index (χ0n) is 25.9. The van der Waals surface area contributed by atoms with Crippen LogP contribution in [-0.4, -0.2) is 84.7 Å². The van der Waals surface area contributed by atoms with Crippen LogP contribution in [0.3, 0.4) is 0 Å². The lowest BCUT2D eigenvalue weighted by molar-refractivity contribution is -0.135. The fourth-order valence-electron chi connectivity index (χ4n) is 6.04. The van der Waals surface area contributed by atoms with Crippen LogP contribution in [0.1, 0.15) is 49.9 Å². The Morgan fingerprint density at radius 1 is 1.07 bits per heavy atom. The van der Waals surface area contributed by atoms with Crippen molar-refractivity contribution in [3.8, 4) is 17.5 Å². The predicted octanol–water partition coefficient (Wildman–Crippen LogP) is 4.33. The van der Waals surface area contributed by atoms with E-state index < -0.39 is 5.41 Å². The van der Waals surface area contributed by atoms with E-state index in [0.29, 0.717) is 19.6 Å². The number of nitrogens with zero attached hydrogens (tertiary/aromatic N) is 4. The maximum atomic E-state index is 13.5. The molecule has 2 heterocycles. The van der Waals surface area contributed by atoms with Crippen LogP contribution in [-0.2, 0) is 16.6 Å². The predicted molar refractivity (Wildman–Crippen MR) is 167 cm³/mol. The van der Waals surface area contributed by atoms with Crippen molar-refractivity contribution in [1.82, 2.24) is 30.3 Å². The van der Waals surface area contributed by atoms with Crippen LogP contribution in [0.15, 0.2) is 36.4 Å². The summed E-state index contributed by atoms with van der Waals surface area (Å²) >= 11 is 0. The Morgan fingerprint density at radius 2 is 1.73 bits per heavy atom. The molecule has 8 heteroatoms. The van der Waals surface area contributed by atoms with Gasteiger partial charge in [0.15, 0.2) is 6.19 Å². The molecule has 0 spiro atoms. The van der Waals surface area contributed by atoms with E-state index in [4.69, 9.17) is 0 Å². The Kier molecular flexibility index (Phi) is 9.75. The van der Waals surface area contributed by atoms with Gasteiger partial charge in [-0.1, -0.05) is 23.3 Å². The van der Waals surface area contributed by atoms with Gasteiger partial charge >= 0.3 is 0 Å². The highest BCUT2D eigenvalue weighted by atomic mass is 16.2. The summed E-state index contributed by atoms with van der Waals surface area (Å²) in [7, 11) is 2.13. The van der Waals surface area contributed by atoms with Crippen LogP contribution in [0.5, 0.6) is 0 Å². The smallest absolute Gasteiger partial charge is 0.232 e. The molecule has 4 rings (SSSR count). The van der Waals surface area contributed by atoms with Crippen molar-refractivity contribution in [3.63, 3.8) is 0 Å².